The summed E-state index contributed by atoms with van der Waals surface area (Å²) < 4.78 is 6.65. The summed E-state index contributed by atoms with van der Waals surface area (Å²) in [7, 11) is 1.76. The summed E-state index contributed by atoms with van der Waals surface area (Å²) in [6, 6.07) is 4.48. The number of piperidine rings is 1. The summed E-state index contributed by atoms with van der Waals surface area (Å²) in [5.41, 5.74) is 2.74. The average molecular weight is 312 g/mol. The minimum atomic E-state index is 0.791. The lowest BCUT2D eigenvalue weighted by molar-refractivity contribution is 0.360. The Morgan fingerprint density at radius 2 is 2.06 bits per heavy atom. The second-order valence-electron chi connectivity index (χ2n) is 5.02. The van der Waals surface area contributed by atoms with E-state index in [4.69, 9.17) is 4.74 Å². The van der Waals surface area contributed by atoms with Crippen molar-refractivity contribution >= 4 is 15.9 Å². The Labute approximate surface area is 118 Å². The first-order chi connectivity index (χ1) is 8.74. The molecule has 18 heavy (non-hydrogen) atoms. The van der Waals surface area contributed by atoms with Gasteiger partial charge in [0.05, 0.1) is 11.6 Å². The van der Waals surface area contributed by atoms with Gasteiger partial charge in [-0.05, 0) is 77.8 Å². The van der Waals surface area contributed by atoms with Gasteiger partial charge in [0.25, 0.3) is 0 Å². The zero-order valence-corrected chi connectivity index (χ0v) is 12.8. The summed E-state index contributed by atoms with van der Waals surface area (Å²) in [5.74, 6) is 1.81. The molecular weight excluding hydrogens is 290 g/mol. The van der Waals surface area contributed by atoms with Crippen molar-refractivity contribution in [2.45, 2.75) is 32.6 Å². The molecule has 1 aromatic carbocycles. The van der Waals surface area contributed by atoms with Crippen molar-refractivity contribution in [1.29, 1.82) is 0 Å². The van der Waals surface area contributed by atoms with Gasteiger partial charge in [0.2, 0.25) is 0 Å². The Morgan fingerprint density at radius 3 is 2.67 bits per heavy atom. The molecule has 0 unspecified atom stereocenters. The Kier molecular flexibility index (Phi) is 5.07. The molecule has 0 aliphatic carbocycles. The van der Waals surface area contributed by atoms with E-state index in [1.165, 1.54) is 24.0 Å². The first-order valence-corrected chi connectivity index (χ1v) is 7.60. The summed E-state index contributed by atoms with van der Waals surface area (Å²) in [6.45, 7) is 4.51. The average Bonchev–Trinajstić information content (AvgIpc) is 2.39. The van der Waals surface area contributed by atoms with Crippen molar-refractivity contribution in [3.05, 3.63) is 27.7 Å². The van der Waals surface area contributed by atoms with Crippen molar-refractivity contribution in [2.75, 3.05) is 20.2 Å². The van der Waals surface area contributed by atoms with Gasteiger partial charge >= 0.3 is 0 Å². The Morgan fingerprint density at radius 1 is 1.33 bits per heavy atom. The van der Waals surface area contributed by atoms with Crippen molar-refractivity contribution in [2.24, 2.45) is 5.92 Å². The number of hydrogen-bond donors (Lipinski definition) is 1. The zero-order valence-electron chi connectivity index (χ0n) is 11.3. The van der Waals surface area contributed by atoms with E-state index >= 15 is 0 Å². The van der Waals surface area contributed by atoms with Crippen LogP contribution in [-0.4, -0.2) is 20.2 Å². The highest BCUT2D eigenvalue weighted by atomic mass is 79.9. The van der Waals surface area contributed by atoms with Crippen molar-refractivity contribution in [1.82, 2.24) is 5.32 Å². The molecule has 0 saturated carbocycles. The zero-order chi connectivity index (χ0) is 13.0. The fraction of sp³-hybridized carbons (Fsp3) is 0.600. The third-order valence-electron chi connectivity index (χ3n) is 3.76. The van der Waals surface area contributed by atoms with Crippen LogP contribution in [-0.2, 0) is 12.8 Å². The lowest BCUT2D eigenvalue weighted by atomic mass is 9.90. The summed E-state index contributed by atoms with van der Waals surface area (Å²) in [4.78, 5) is 0. The molecule has 1 heterocycles. The standard InChI is InChI=1S/C15H22BrNO/c1-3-11-8-13(15(18-2)14(16)10-11)9-12-4-6-17-7-5-12/h8,10,12,17H,3-7,9H2,1-2H3. The van der Waals surface area contributed by atoms with Gasteiger partial charge in [-0.2, -0.15) is 0 Å². The molecular formula is C15H22BrNO. The van der Waals surface area contributed by atoms with Gasteiger partial charge in [-0.15, -0.1) is 0 Å². The smallest absolute Gasteiger partial charge is 0.136 e. The van der Waals surface area contributed by atoms with E-state index in [0.717, 1.165) is 42.1 Å². The summed E-state index contributed by atoms with van der Waals surface area (Å²) in [5, 5.41) is 3.42. The van der Waals surface area contributed by atoms with E-state index in [9.17, 15) is 0 Å². The fourth-order valence-electron chi connectivity index (χ4n) is 2.69. The highest BCUT2D eigenvalue weighted by molar-refractivity contribution is 9.10. The van der Waals surface area contributed by atoms with E-state index in [-0.39, 0.29) is 0 Å². The Balaban J connectivity index is 2.20. The van der Waals surface area contributed by atoms with E-state index in [1.807, 2.05) is 0 Å². The number of hydrogen-bond acceptors (Lipinski definition) is 2. The van der Waals surface area contributed by atoms with Crippen LogP contribution in [0.5, 0.6) is 5.75 Å². The van der Waals surface area contributed by atoms with E-state index in [1.54, 1.807) is 7.11 Å². The van der Waals surface area contributed by atoms with Crippen LogP contribution in [0, 0.1) is 5.92 Å². The molecule has 1 aliphatic rings. The maximum atomic E-state index is 5.55. The molecule has 0 aromatic heterocycles. The van der Waals surface area contributed by atoms with Crippen molar-refractivity contribution in [3.8, 4) is 5.75 Å². The minimum absolute atomic E-state index is 0.791. The number of halogens is 1. The molecule has 100 valence electrons. The highest BCUT2D eigenvalue weighted by Gasteiger charge is 2.17. The van der Waals surface area contributed by atoms with Gasteiger partial charge in [-0.1, -0.05) is 13.0 Å². The third-order valence-corrected chi connectivity index (χ3v) is 4.35. The van der Waals surface area contributed by atoms with Crippen LogP contribution < -0.4 is 10.1 Å². The van der Waals surface area contributed by atoms with Gasteiger partial charge in [0.1, 0.15) is 5.75 Å². The number of rotatable bonds is 4. The molecule has 1 aromatic rings. The molecule has 0 spiro atoms. The van der Waals surface area contributed by atoms with Gasteiger partial charge in [0.15, 0.2) is 0 Å². The predicted molar refractivity (Wildman–Crippen MR) is 79.4 cm³/mol. The van der Waals surface area contributed by atoms with Crippen molar-refractivity contribution in [3.63, 3.8) is 0 Å². The molecule has 3 heteroatoms. The Hall–Kier alpha value is -0.540. The molecule has 1 aliphatic heterocycles. The lowest BCUT2D eigenvalue weighted by Crippen LogP contribution is -2.28. The quantitative estimate of drug-likeness (QED) is 0.918. The fourth-order valence-corrected chi connectivity index (χ4v) is 3.40. The second kappa shape index (κ2) is 6.58. The molecule has 1 fully saturated rings. The van der Waals surface area contributed by atoms with E-state index in [0.29, 0.717) is 0 Å². The highest BCUT2D eigenvalue weighted by Crippen LogP contribution is 2.33. The molecule has 2 nitrogen and oxygen atoms in total. The lowest BCUT2D eigenvalue weighted by Gasteiger charge is -2.24. The summed E-state index contributed by atoms with van der Waals surface area (Å²) >= 11 is 3.63. The topological polar surface area (TPSA) is 21.3 Å². The maximum absolute atomic E-state index is 5.55. The monoisotopic (exact) mass is 311 g/mol. The van der Waals surface area contributed by atoms with Crippen LogP contribution >= 0.6 is 15.9 Å². The van der Waals surface area contributed by atoms with Crippen LogP contribution in [0.4, 0.5) is 0 Å². The first kappa shape index (κ1) is 13.9. The molecule has 1 saturated heterocycles. The van der Waals surface area contributed by atoms with E-state index < -0.39 is 0 Å². The van der Waals surface area contributed by atoms with Gasteiger partial charge in [0, 0.05) is 0 Å². The Bertz CT molecular complexity index is 400. The molecule has 0 radical (unpaired) electrons. The minimum Gasteiger partial charge on any atom is -0.495 e. The number of ether oxygens (including phenoxy) is 1. The van der Waals surface area contributed by atoms with Gasteiger partial charge < -0.3 is 10.1 Å². The maximum Gasteiger partial charge on any atom is 0.136 e. The predicted octanol–water partition coefficient (Wildman–Crippen LogP) is 3.56. The van der Waals surface area contributed by atoms with Crippen LogP contribution in [0.1, 0.15) is 30.9 Å². The first-order valence-electron chi connectivity index (χ1n) is 6.80. The number of methoxy groups -OCH3 is 1. The number of aryl methyl sites for hydroxylation is 1. The van der Waals surface area contributed by atoms with Crippen molar-refractivity contribution < 1.29 is 4.74 Å². The molecule has 2 rings (SSSR count). The van der Waals surface area contributed by atoms with Crippen LogP contribution in [0.15, 0.2) is 16.6 Å². The van der Waals surface area contributed by atoms with Crippen LogP contribution in [0.25, 0.3) is 0 Å². The largest absolute Gasteiger partial charge is 0.495 e. The normalized spacial score (nSPS) is 16.8. The number of nitrogens with one attached hydrogen (secondary N) is 1. The molecule has 1 N–H and O–H groups in total. The van der Waals surface area contributed by atoms with E-state index in [2.05, 4.69) is 40.3 Å². The second-order valence-corrected chi connectivity index (χ2v) is 5.88. The van der Waals surface area contributed by atoms with Crippen LogP contribution in [0.3, 0.4) is 0 Å². The molecule has 0 atom stereocenters. The molecule has 0 amide bonds. The molecule has 0 bridgehead atoms. The van der Waals surface area contributed by atoms with Gasteiger partial charge in [-0.25, -0.2) is 0 Å². The SMILES string of the molecule is CCc1cc(Br)c(OC)c(CC2CCNCC2)c1. The number of benzene rings is 1. The summed E-state index contributed by atoms with van der Waals surface area (Å²) in [6.07, 6.45) is 4.76. The van der Waals surface area contributed by atoms with Crippen LogP contribution in [0.2, 0.25) is 0 Å². The third kappa shape index (κ3) is 3.27. The van der Waals surface area contributed by atoms with Gasteiger partial charge in [-0.3, -0.25) is 0 Å².